The highest BCUT2D eigenvalue weighted by molar-refractivity contribution is 5.61. The van der Waals surface area contributed by atoms with E-state index in [0.29, 0.717) is 0 Å². The van der Waals surface area contributed by atoms with Crippen molar-refractivity contribution in [1.82, 2.24) is 9.97 Å². The molecular formula is C22H25N5. The van der Waals surface area contributed by atoms with Crippen molar-refractivity contribution in [1.29, 1.82) is 0 Å². The molecule has 5 nitrogen and oxygen atoms in total. The van der Waals surface area contributed by atoms with Crippen LogP contribution in [0.1, 0.15) is 12.5 Å². The first-order chi connectivity index (χ1) is 13.3. The molecule has 4 rings (SSSR count). The van der Waals surface area contributed by atoms with E-state index in [0.717, 1.165) is 50.1 Å². The number of hydrogen-bond acceptors (Lipinski definition) is 5. The molecule has 0 radical (unpaired) electrons. The van der Waals surface area contributed by atoms with Crippen LogP contribution in [-0.4, -0.2) is 36.1 Å². The topological polar surface area (TPSA) is 44.3 Å². The molecule has 0 unspecified atom stereocenters. The second kappa shape index (κ2) is 8.08. The van der Waals surface area contributed by atoms with E-state index in [4.69, 9.17) is 4.98 Å². The van der Waals surface area contributed by atoms with Crippen molar-refractivity contribution in [3.63, 3.8) is 0 Å². The van der Waals surface area contributed by atoms with E-state index in [1.54, 1.807) is 0 Å². The minimum absolute atomic E-state index is 0.793. The van der Waals surface area contributed by atoms with E-state index < -0.39 is 0 Å². The van der Waals surface area contributed by atoms with Crippen LogP contribution >= 0.6 is 0 Å². The second-order valence-corrected chi connectivity index (χ2v) is 6.69. The third-order valence-corrected chi connectivity index (χ3v) is 4.99. The van der Waals surface area contributed by atoms with Crippen LogP contribution in [-0.2, 0) is 6.42 Å². The normalized spacial score (nSPS) is 14.3. The molecule has 1 aromatic heterocycles. The van der Waals surface area contributed by atoms with Crippen LogP contribution in [0.3, 0.4) is 0 Å². The zero-order chi connectivity index (χ0) is 18.5. The minimum atomic E-state index is 0.793. The molecule has 27 heavy (non-hydrogen) atoms. The van der Waals surface area contributed by atoms with Gasteiger partial charge in [0.25, 0.3) is 0 Å². The van der Waals surface area contributed by atoms with Crippen molar-refractivity contribution in [2.75, 3.05) is 41.3 Å². The van der Waals surface area contributed by atoms with Gasteiger partial charge in [0.05, 0.1) is 0 Å². The van der Waals surface area contributed by atoms with Gasteiger partial charge < -0.3 is 15.1 Å². The molecule has 1 fully saturated rings. The highest BCUT2D eigenvalue weighted by Gasteiger charge is 2.19. The Kier molecular flexibility index (Phi) is 5.19. The number of benzene rings is 2. The summed E-state index contributed by atoms with van der Waals surface area (Å²) in [4.78, 5) is 13.9. The Balaban J connectivity index is 1.44. The predicted octanol–water partition coefficient (Wildman–Crippen LogP) is 4.11. The van der Waals surface area contributed by atoms with Crippen molar-refractivity contribution in [2.45, 2.75) is 13.3 Å². The van der Waals surface area contributed by atoms with E-state index >= 15 is 0 Å². The molecule has 1 aliphatic rings. The molecule has 0 saturated carbocycles. The van der Waals surface area contributed by atoms with Crippen LogP contribution in [0, 0.1) is 0 Å². The number of piperazine rings is 1. The SMILES string of the molecule is CCc1ccccc1Nc1ccnc(N2CCN(c3ccccc3)CC2)n1. The Morgan fingerprint density at radius 2 is 1.56 bits per heavy atom. The molecule has 5 heteroatoms. The summed E-state index contributed by atoms with van der Waals surface area (Å²) in [6.45, 7) is 5.96. The van der Waals surface area contributed by atoms with Crippen molar-refractivity contribution in [2.24, 2.45) is 0 Å². The Morgan fingerprint density at radius 3 is 2.33 bits per heavy atom. The third-order valence-electron chi connectivity index (χ3n) is 4.99. The molecule has 0 bridgehead atoms. The van der Waals surface area contributed by atoms with E-state index in [2.05, 4.69) is 75.6 Å². The van der Waals surface area contributed by atoms with Crippen molar-refractivity contribution in [3.05, 3.63) is 72.4 Å². The molecule has 0 aliphatic carbocycles. The van der Waals surface area contributed by atoms with Crippen LogP contribution in [0.4, 0.5) is 23.1 Å². The van der Waals surface area contributed by atoms with Gasteiger partial charge in [0.2, 0.25) is 5.95 Å². The lowest BCUT2D eigenvalue weighted by molar-refractivity contribution is 0.640. The summed E-state index contributed by atoms with van der Waals surface area (Å²) >= 11 is 0. The smallest absolute Gasteiger partial charge is 0.227 e. The van der Waals surface area contributed by atoms with Gasteiger partial charge in [-0.2, -0.15) is 4.98 Å². The van der Waals surface area contributed by atoms with Gasteiger partial charge in [-0.15, -0.1) is 0 Å². The lowest BCUT2D eigenvalue weighted by atomic mass is 10.1. The standard InChI is InChI=1S/C22H25N5/c1-2-18-8-6-7-11-20(18)24-21-12-13-23-22(25-21)27-16-14-26(15-17-27)19-9-4-3-5-10-19/h3-13H,2,14-17H2,1H3,(H,23,24,25). The van der Waals surface area contributed by atoms with Gasteiger partial charge in [0.15, 0.2) is 0 Å². The predicted molar refractivity (Wildman–Crippen MR) is 112 cm³/mol. The number of para-hydroxylation sites is 2. The summed E-state index contributed by atoms with van der Waals surface area (Å²) in [5, 5.41) is 3.45. The molecule has 0 spiro atoms. The Labute approximate surface area is 160 Å². The van der Waals surface area contributed by atoms with Crippen LogP contribution in [0.15, 0.2) is 66.9 Å². The van der Waals surface area contributed by atoms with E-state index in [1.807, 2.05) is 18.3 Å². The maximum atomic E-state index is 4.75. The third kappa shape index (κ3) is 4.03. The van der Waals surface area contributed by atoms with Crippen LogP contribution in [0.25, 0.3) is 0 Å². The minimum Gasteiger partial charge on any atom is -0.368 e. The Hall–Kier alpha value is -3.08. The summed E-state index contributed by atoms with van der Waals surface area (Å²) in [5.41, 5.74) is 3.68. The van der Waals surface area contributed by atoms with Crippen molar-refractivity contribution >= 4 is 23.1 Å². The number of anilines is 4. The maximum absolute atomic E-state index is 4.75. The molecule has 3 aromatic rings. The van der Waals surface area contributed by atoms with Crippen molar-refractivity contribution < 1.29 is 0 Å². The maximum Gasteiger partial charge on any atom is 0.227 e. The average Bonchev–Trinajstić information content (AvgIpc) is 2.75. The van der Waals surface area contributed by atoms with Crippen LogP contribution in [0.5, 0.6) is 0 Å². The first-order valence-electron chi connectivity index (χ1n) is 9.56. The summed E-state index contributed by atoms with van der Waals surface area (Å²) in [7, 11) is 0. The number of rotatable bonds is 5. The van der Waals surface area contributed by atoms with Gasteiger partial charge in [-0.05, 0) is 36.2 Å². The molecular weight excluding hydrogens is 334 g/mol. The number of nitrogens with zero attached hydrogens (tertiary/aromatic N) is 4. The zero-order valence-corrected chi connectivity index (χ0v) is 15.7. The number of hydrogen-bond donors (Lipinski definition) is 1. The average molecular weight is 359 g/mol. The molecule has 0 amide bonds. The number of aryl methyl sites for hydroxylation is 1. The summed E-state index contributed by atoms with van der Waals surface area (Å²) < 4.78 is 0. The largest absolute Gasteiger partial charge is 0.368 e. The highest BCUT2D eigenvalue weighted by atomic mass is 15.3. The fourth-order valence-corrected chi connectivity index (χ4v) is 3.46. The molecule has 2 aromatic carbocycles. The molecule has 0 atom stereocenters. The number of aromatic nitrogens is 2. The van der Waals surface area contributed by atoms with Crippen LogP contribution < -0.4 is 15.1 Å². The lowest BCUT2D eigenvalue weighted by Crippen LogP contribution is -2.47. The Bertz CT molecular complexity index is 873. The monoisotopic (exact) mass is 359 g/mol. The van der Waals surface area contributed by atoms with E-state index in [9.17, 15) is 0 Å². The fraction of sp³-hybridized carbons (Fsp3) is 0.273. The Morgan fingerprint density at radius 1 is 0.852 bits per heavy atom. The van der Waals surface area contributed by atoms with Crippen LogP contribution in [0.2, 0.25) is 0 Å². The summed E-state index contributed by atoms with van der Waals surface area (Å²) in [6.07, 6.45) is 2.82. The molecule has 1 aliphatic heterocycles. The number of nitrogens with one attached hydrogen (secondary N) is 1. The van der Waals surface area contributed by atoms with E-state index in [-0.39, 0.29) is 0 Å². The van der Waals surface area contributed by atoms with Gasteiger partial charge in [0, 0.05) is 43.8 Å². The molecule has 1 saturated heterocycles. The first kappa shape index (κ1) is 17.3. The van der Waals surface area contributed by atoms with Gasteiger partial charge >= 0.3 is 0 Å². The first-order valence-corrected chi connectivity index (χ1v) is 9.56. The van der Waals surface area contributed by atoms with Gasteiger partial charge in [-0.3, -0.25) is 0 Å². The fourth-order valence-electron chi connectivity index (χ4n) is 3.46. The van der Waals surface area contributed by atoms with Gasteiger partial charge in [-0.25, -0.2) is 4.98 Å². The summed E-state index contributed by atoms with van der Waals surface area (Å²) in [5.74, 6) is 1.63. The zero-order valence-electron chi connectivity index (χ0n) is 15.7. The second-order valence-electron chi connectivity index (χ2n) is 6.69. The summed E-state index contributed by atoms with van der Waals surface area (Å²) in [6, 6.07) is 20.9. The quantitative estimate of drug-likeness (QED) is 0.743. The van der Waals surface area contributed by atoms with Gasteiger partial charge in [0.1, 0.15) is 5.82 Å². The molecule has 2 heterocycles. The molecule has 1 N–H and O–H groups in total. The lowest BCUT2D eigenvalue weighted by Gasteiger charge is -2.36. The highest BCUT2D eigenvalue weighted by Crippen LogP contribution is 2.22. The van der Waals surface area contributed by atoms with E-state index in [1.165, 1.54) is 11.3 Å². The van der Waals surface area contributed by atoms with Crippen molar-refractivity contribution in [3.8, 4) is 0 Å². The molecule has 138 valence electrons. The van der Waals surface area contributed by atoms with Gasteiger partial charge in [-0.1, -0.05) is 43.3 Å².